The molecule has 0 fully saturated rings. The molecule has 0 atom stereocenters. The second-order valence-electron chi connectivity index (χ2n) is 5.96. The highest BCUT2D eigenvalue weighted by atomic mass is 16.5. The van der Waals surface area contributed by atoms with Gasteiger partial charge in [-0.2, -0.15) is 5.10 Å². The van der Waals surface area contributed by atoms with E-state index in [-0.39, 0.29) is 6.03 Å². The summed E-state index contributed by atoms with van der Waals surface area (Å²) < 4.78 is 12.2. The first-order valence-corrected chi connectivity index (χ1v) is 8.96. The number of aryl methyl sites for hydroxylation is 1. The van der Waals surface area contributed by atoms with Crippen LogP contribution in [0.3, 0.4) is 0 Å². The number of methoxy groups -OCH3 is 2. The predicted molar refractivity (Wildman–Crippen MR) is 109 cm³/mol. The zero-order valence-electron chi connectivity index (χ0n) is 16.5. The summed E-state index contributed by atoms with van der Waals surface area (Å²) in [4.78, 5) is 20.9. The summed E-state index contributed by atoms with van der Waals surface area (Å²) in [5.74, 6) is 2.95. The van der Waals surface area contributed by atoms with Crippen molar-refractivity contribution in [1.29, 1.82) is 0 Å². The van der Waals surface area contributed by atoms with Crippen LogP contribution in [0, 0.1) is 6.92 Å². The average Bonchev–Trinajstić information content (AvgIpc) is 3.25. The number of rotatable bonds is 8. The highest BCUT2D eigenvalue weighted by Crippen LogP contribution is 2.34. The lowest BCUT2D eigenvalue weighted by atomic mass is 10.2. The SMILES string of the molecule is COc1cccc(NC(=O)NCCNc2cc(-n3cccn3)nc(C)n2)c1OC. The average molecular weight is 397 g/mol. The molecule has 2 amide bonds. The Hall–Kier alpha value is -3.82. The topological polar surface area (TPSA) is 115 Å². The molecule has 2 aromatic heterocycles. The fourth-order valence-electron chi connectivity index (χ4n) is 2.68. The van der Waals surface area contributed by atoms with Crippen LogP contribution >= 0.6 is 0 Å². The lowest BCUT2D eigenvalue weighted by Crippen LogP contribution is -2.32. The van der Waals surface area contributed by atoms with Crippen LogP contribution < -0.4 is 25.4 Å². The Bertz CT molecular complexity index is 960. The van der Waals surface area contributed by atoms with Crippen molar-refractivity contribution in [2.24, 2.45) is 0 Å². The van der Waals surface area contributed by atoms with Crippen LogP contribution in [0.4, 0.5) is 16.3 Å². The van der Waals surface area contributed by atoms with E-state index in [9.17, 15) is 4.79 Å². The molecule has 29 heavy (non-hydrogen) atoms. The molecular weight excluding hydrogens is 374 g/mol. The number of amides is 2. The van der Waals surface area contributed by atoms with Crippen LogP contribution in [0.25, 0.3) is 5.82 Å². The van der Waals surface area contributed by atoms with Gasteiger partial charge in [0.25, 0.3) is 0 Å². The van der Waals surface area contributed by atoms with Crippen LogP contribution in [-0.2, 0) is 0 Å². The number of carbonyl (C=O) groups excluding carboxylic acids is 1. The number of carbonyl (C=O) groups is 1. The number of urea groups is 1. The zero-order valence-corrected chi connectivity index (χ0v) is 16.5. The van der Waals surface area contributed by atoms with Gasteiger partial charge in [0, 0.05) is 31.5 Å². The number of anilines is 2. The molecule has 152 valence electrons. The molecule has 10 nitrogen and oxygen atoms in total. The van der Waals surface area contributed by atoms with Crippen molar-refractivity contribution in [3.05, 3.63) is 48.5 Å². The van der Waals surface area contributed by atoms with E-state index in [1.54, 1.807) is 42.3 Å². The van der Waals surface area contributed by atoms with E-state index < -0.39 is 0 Å². The molecule has 1 aromatic carbocycles. The van der Waals surface area contributed by atoms with Crippen molar-refractivity contribution < 1.29 is 14.3 Å². The Morgan fingerprint density at radius 2 is 2.00 bits per heavy atom. The lowest BCUT2D eigenvalue weighted by Gasteiger charge is -2.14. The maximum atomic E-state index is 12.2. The van der Waals surface area contributed by atoms with E-state index in [4.69, 9.17) is 9.47 Å². The van der Waals surface area contributed by atoms with Crippen LogP contribution in [0.5, 0.6) is 11.5 Å². The summed E-state index contributed by atoms with van der Waals surface area (Å²) in [5.41, 5.74) is 0.521. The quantitative estimate of drug-likeness (QED) is 0.499. The van der Waals surface area contributed by atoms with Crippen molar-refractivity contribution in [2.75, 3.05) is 37.9 Å². The third-order valence-corrected chi connectivity index (χ3v) is 3.93. The normalized spacial score (nSPS) is 10.3. The Labute approximate surface area is 168 Å². The van der Waals surface area contributed by atoms with Gasteiger partial charge in [0.05, 0.1) is 19.9 Å². The fraction of sp³-hybridized carbons (Fsp3) is 0.263. The molecule has 0 aliphatic heterocycles. The van der Waals surface area contributed by atoms with Gasteiger partial charge in [-0.1, -0.05) is 6.07 Å². The number of ether oxygens (including phenoxy) is 2. The van der Waals surface area contributed by atoms with Crippen molar-refractivity contribution >= 4 is 17.5 Å². The van der Waals surface area contributed by atoms with Gasteiger partial charge < -0.3 is 25.4 Å². The molecule has 3 aromatic rings. The maximum absolute atomic E-state index is 12.2. The molecule has 0 saturated heterocycles. The zero-order chi connectivity index (χ0) is 20.6. The van der Waals surface area contributed by atoms with E-state index in [0.29, 0.717) is 47.7 Å². The van der Waals surface area contributed by atoms with E-state index >= 15 is 0 Å². The van der Waals surface area contributed by atoms with Crippen LogP contribution in [0.15, 0.2) is 42.7 Å². The van der Waals surface area contributed by atoms with Gasteiger partial charge in [-0.15, -0.1) is 0 Å². The highest BCUT2D eigenvalue weighted by molar-refractivity contribution is 5.91. The number of hydrogen-bond donors (Lipinski definition) is 3. The van der Waals surface area contributed by atoms with E-state index in [0.717, 1.165) is 0 Å². The molecule has 0 aliphatic rings. The fourth-order valence-corrected chi connectivity index (χ4v) is 2.68. The standard InChI is InChI=1S/C19H23N7O3/c1-13-23-16(12-17(24-13)26-11-5-8-22-26)20-9-10-21-19(27)25-14-6-4-7-15(28-2)18(14)29-3/h4-8,11-12H,9-10H2,1-3H3,(H,20,23,24)(H2,21,25,27). The first-order valence-electron chi connectivity index (χ1n) is 8.96. The molecule has 0 bridgehead atoms. The minimum Gasteiger partial charge on any atom is -0.493 e. The van der Waals surface area contributed by atoms with E-state index in [1.165, 1.54) is 7.11 Å². The molecule has 0 spiro atoms. The number of benzene rings is 1. The molecule has 0 aliphatic carbocycles. The number of para-hydroxylation sites is 1. The summed E-state index contributed by atoms with van der Waals surface area (Å²) >= 11 is 0. The summed E-state index contributed by atoms with van der Waals surface area (Å²) in [6.07, 6.45) is 3.49. The molecular formula is C19H23N7O3. The summed E-state index contributed by atoms with van der Waals surface area (Å²) in [6.45, 7) is 2.68. The number of hydrogen-bond acceptors (Lipinski definition) is 7. The number of nitrogens with zero attached hydrogens (tertiary/aromatic N) is 4. The second kappa shape index (κ2) is 9.40. The van der Waals surface area contributed by atoms with Gasteiger partial charge in [0.1, 0.15) is 11.6 Å². The summed E-state index contributed by atoms with van der Waals surface area (Å²) in [5, 5.41) is 12.9. The molecule has 3 rings (SSSR count). The first-order chi connectivity index (χ1) is 14.1. The van der Waals surface area contributed by atoms with Crippen molar-refractivity contribution in [1.82, 2.24) is 25.1 Å². The van der Waals surface area contributed by atoms with Crippen LogP contribution in [0.2, 0.25) is 0 Å². The summed E-state index contributed by atoms with van der Waals surface area (Å²) in [6, 6.07) is 8.53. The third-order valence-electron chi connectivity index (χ3n) is 3.93. The Balaban J connectivity index is 1.52. The predicted octanol–water partition coefficient (Wildman–Crippen LogP) is 2.22. The van der Waals surface area contributed by atoms with Gasteiger partial charge in [-0.05, 0) is 25.1 Å². The number of nitrogens with one attached hydrogen (secondary N) is 3. The van der Waals surface area contributed by atoms with E-state index in [2.05, 4.69) is 31.0 Å². The largest absolute Gasteiger partial charge is 0.493 e. The van der Waals surface area contributed by atoms with Crippen LogP contribution in [-0.4, -0.2) is 53.1 Å². The maximum Gasteiger partial charge on any atom is 0.319 e. The van der Waals surface area contributed by atoms with Crippen molar-refractivity contribution in [3.63, 3.8) is 0 Å². The highest BCUT2D eigenvalue weighted by Gasteiger charge is 2.11. The summed E-state index contributed by atoms with van der Waals surface area (Å²) in [7, 11) is 3.06. The molecule has 10 heteroatoms. The van der Waals surface area contributed by atoms with Crippen molar-refractivity contribution in [2.45, 2.75) is 6.92 Å². The Morgan fingerprint density at radius 3 is 2.72 bits per heavy atom. The molecule has 0 saturated carbocycles. The third kappa shape index (κ3) is 5.12. The minimum absolute atomic E-state index is 0.352. The van der Waals surface area contributed by atoms with E-state index in [1.807, 2.05) is 19.2 Å². The molecule has 2 heterocycles. The monoisotopic (exact) mass is 397 g/mol. The van der Waals surface area contributed by atoms with Gasteiger partial charge in [-0.3, -0.25) is 0 Å². The minimum atomic E-state index is -0.352. The Morgan fingerprint density at radius 1 is 1.14 bits per heavy atom. The first kappa shape index (κ1) is 19.9. The molecule has 0 unspecified atom stereocenters. The van der Waals surface area contributed by atoms with Gasteiger partial charge in [-0.25, -0.2) is 19.4 Å². The number of aromatic nitrogens is 4. The smallest absolute Gasteiger partial charge is 0.319 e. The van der Waals surface area contributed by atoms with Crippen molar-refractivity contribution in [3.8, 4) is 17.3 Å². The van der Waals surface area contributed by atoms with Gasteiger partial charge in [0.15, 0.2) is 17.3 Å². The van der Waals surface area contributed by atoms with Gasteiger partial charge in [0.2, 0.25) is 0 Å². The molecule has 0 radical (unpaired) electrons. The lowest BCUT2D eigenvalue weighted by molar-refractivity contribution is 0.252. The second-order valence-corrected chi connectivity index (χ2v) is 5.96. The molecule has 3 N–H and O–H groups in total. The Kier molecular flexibility index (Phi) is 6.46. The van der Waals surface area contributed by atoms with Crippen LogP contribution in [0.1, 0.15) is 5.82 Å². The van der Waals surface area contributed by atoms with Gasteiger partial charge >= 0.3 is 6.03 Å².